The predicted molar refractivity (Wildman–Crippen MR) is 271 cm³/mol. The minimum Gasteiger partial charge on any atom is -0.456 e. The zero-order valence-electron chi connectivity index (χ0n) is 35.3. The van der Waals surface area contributed by atoms with E-state index in [4.69, 9.17) is 8.83 Å². The van der Waals surface area contributed by atoms with Gasteiger partial charge in [-0.3, -0.25) is 0 Å². The van der Waals surface area contributed by atoms with Crippen molar-refractivity contribution in [2.24, 2.45) is 0 Å². The number of nitrogens with zero attached hydrogens (tertiary/aromatic N) is 1. The molecule has 0 spiro atoms. The molecule has 0 unspecified atom stereocenters. The van der Waals surface area contributed by atoms with Crippen LogP contribution in [0, 0.1) is 0 Å². The first kappa shape index (κ1) is 35.5. The lowest BCUT2D eigenvalue weighted by Gasteiger charge is -2.28. The number of para-hydroxylation sites is 2. The highest BCUT2D eigenvalue weighted by Crippen LogP contribution is 2.49. The molecule has 2 aromatic heterocycles. The van der Waals surface area contributed by atoms with E-state index in [1.807, 2.05) is 6.07 Å². The highest BCUT2D eigenvalue weighted by molar-refractivity contribution is 6.30. The molecule has 0 aliphatic heterocycles. The zero-order valence-corrected chi connectivity index (χ0v) is 35.3. The Labute approximate surface area is 368 Å². The molecule has 3 heteroatoms. The lowest BCUT2D eigenvalue weighted by atomic mass is 9.88. The summed E-state index contributed by atoms with van der Waals surface area (Å²) >= 11 is 0. The Morgan fingerprint density at radius 1 is 0.359 bits per heavy atom. The number of rotatable bonds is 5. The second-order valence-electron chi connectivity index (χ2n) is 17.8. The molecular weight excluding hydrogens is 779 g/mol. The van der Waals surface area contributed by atoms with Crippen molar-refractivity contribution in [3.05, 3.63) is 200 Å². The van der Waals surface area contributed by atoms with Gasteiger partial charge < -0.3 is 13.7 Å². The smallest absolute Gasteiger partial charge is 0.159 e. The van der Waals surface area contributed by atoms with Crippen LogP contribution in [0.25, 0.3) is 120 Å². The van der Waals surface area contributed by atoms with Crippen molar-refractivity contribution in [3.63, 3.8) is 0 Å². The molecule has 64 heavy (non-hydrogen) atoms. The molecule has 300 valence electrons. The van der Waals surface area contributed by atoms with Crippen LogP contribution in [0.15, 0.2) is 203 Å². The summed E-state index contributed by atoms with van der Waals surface area (Å²) in [5.74, 6) is 0.430. The Bertz CT molecular complexity index is 4230. The van der Waals surface area contributed by atoms with Crippen molar-refractivity contribution in [3.8, 4) is 11.1 Å². The molecular formula is C61H39NO2. The molecule has 12 aromatic carbocycles. The average molecular weight is 818 g/mol. The van der Waals surface area contributed by atoms with Crippen LogP contribution in [0.5, 0.6) is 0 Å². The fourth-order valence-corrected chi connectivity index (χ4v) is 10.9. The van der Waals surface area contributed by atoms with Crippen molar-refractivity contribution in [1.82, 2.24) is 0 Å². The van der Waals surface area contributed by atoms with E-state index in [-0.39, 0.29) is 0 Å². The van der Waals surface area contributed by atoms with Gasteiger partial charge >= 0.3 is 0 Å². The van der Waals surface area contributed by atoms with Gasteiger partial charge in [-0.05, 0) is 136 Å². The summed E-state index contributed by atoms with van der Waals surface area (Å²) < 4.78 is 13.4. The van der Waals surface area contributed by atoms with E-state index < -0.39 is 0 Å². The topological polar surface area (TPSA) is 29.5 Å². The van der Waals surface area contributed by atoms with Crippen LogP contribution in [0.4, 0.5) is 17.1 Å². The lowest BCUT2D eigenvalue weighted by molar-refractivity contribution is 0.669. The number of hydrogen-bond acceptors (Lipinski definition) is 3. The van der Waals surface area contributed by atoms with Crippen LogP contribution in [0.3, 0.4) is 0 Å². The molecule has 0 radical (unpaired) electrons. The van der Waals surface area contributed by atoms with Crippen LogP contribution >= 0.6 is 0 Å². The lowest BCUT2D eigenvalue weighted by Crippen LogP contribution is -2.11. The summed E-state index contributed by atoms with van der Waals surface area (Å²) in [5.41, 5.74) is 10.5. The number of benzene rings is 12. The quantitative estimate of drug-likeness (QED) is 0.162. The molecule has 0 fully saturated rings. The maximum Gasteiger partial charge on any atom is 0.159 e. The van der Waals surface area contributed by atoms with Crippen molar-refractivity contribution in [1.29, 1.82) is 0 Å². The van der Waals surface area contributed by atoms with Crippen molar-refractivity contribution in [2.75, 3.05) is 4.90 Å². The van der Waals surface area contributed by atoms with Gasteiger partial charge in [-0.15, -0.1) is 0 Å². The summed E-state index contributed by atoms with van der Waals surface area (Å²) in [5, 5.41) is 19.4. The van der Waals surface area contributed by atoms with Gasteiger partial charge in [-0.2, -0.15) is 0 Å². The molecule has 3 nitrogen and oxygen atoms in total. The van der Waals surface area contributed by atoms with Crippen molar-refractivity contribution < 1.29 is 8.83 Å². The summed E-state index contributed by atoms with van der Waals surface area (Å²) in [6.45, 7) is 4.49. The molecule has 0 bridgehead atoms. The average Bonchev–Trinajstić information content (AvgIpc) is 3.91. The number of anilines is 3. The largest absolute Gasteiger partial charge is 0.456 e. The van der Waals surface area contributed by atoms with Gasteiger partial charge in [0.15, 0.2) is 5.58 Å². The van der Waals surface area contributed by atoms with Crippen LogP contribution in [-0.2, 0) is 0 Å². The van der Waals surface area contributed by atoms with Crippen molar-refractivity contribution in [2.45, 2.75) is 19.8 Å². The second kappa shape index (κ2) is 13.2. The molecule has 0 amide bonds. The molecule has 0 aliphatic carbocycles. The molecule has 0 aliphatic rings. The number of hydrogen-bond donors (Lipinski definition) is 0. The van der Waals surface area contributed by atoms with E-state index in [1.165, 1.54) is 81.3 Å². The summed E-state index contributed by atoms with van der Waals surface area (Å²) in [7, 11) is 0. The monoisotopic (exact) mass is 817 g/mol. The summed E-state index contributed by atoms with van der Waals surface area (Å²) in [6.07, 6.45) is 0. The molecule has 14 rings (SSSR count). The minimum absolute atomic E-state index is 0.430. The first-order chi connectivity index (χ1) is 31.6. The molecule has 14 aromatic rings. The van der Waals surface area contributed by atoms with Gasteiger partial charge in [0.2, 0.25) is 0 Å². The first-order valence-corrected chi connectivity index (χ1v) is 22.3. The van der Waals surface area contributed by atoms with Crippen LogP contribution in [0.1, 0.15) is 25.3 Å². The van der Waals surface area contributed by atoms with E-state index in [1.54, 1.807) is 0 Å². The highest BCUT2D eigenvalue weighted by atomic mass is 16.3. The molecule has 0 N–H and O–H groups in total. The number of fused-ring (bicyclic) bond motifs is 12. The Kier molecular flexibility index (Phi) is 7.30. The van der Waals surface area contributed by atoms with Gasteiger partial charge in [0.1, 0.15) is 16.7 Å². The van der Waals surface area contributed by atoms with Gasteiger partial charge in [0, 0.05) is 32.6 Å². The van der Waals surface area contributed by atoms with E-state index in [0.717, 1.165) is 60.9 Å². The maximum atomic E-state index is 6.72. The zero-order chi connectivity index (χ0) is 42.2. The molecule has 0 saturated heterocycles. The molecule has 2 heterocycles. The van der Waals surface area contributed by atoms with Gasteiger partial charge in [0.05, 0.1) is 11.4 Å². The third-order valence-electron chi connectivity index (χ3n) is 14.0. The predicted octanol–water partition coefficient (Wildman–Crippen LogP) is 18.1. The fraction of sp³-hybridized carbons (Fsp3) is 0.0492. The Morgan fingerprint density at radius 3 is 1.70 bits per heavy atom. The maximum absolute atomic E-state index is 6.72. The van der Waals surface area contributed by atoms with E-state index in [0.29, 0.717) is 5.92 Å². The van der Waals surface area contributed by atoms with Crippen LogP contribution < -0.4 is 4.90 Å². The third-order valence-corrected chi connectivity index (χ3v) is 14.0. The Hall–Kier alpha value is -8.14. The highest BCUT2D eigenvalue weighted by Gasteiger charge is 2.24. The van der Waals surface area contributed by atoms with Gasteiger partial charge in [-0.1, -0.05) is 153 Å². The van der Waals surface area contributed by atoms with Gasteiger partial charge in [0.25, 0.3) is 0 Å². The standard InChI is InChI=1S/C61H39NO2/c1-35(2)36-18-25-40(26-19-36)62(55-16-9-15-48-46-14-7-8-17-56(46)64-61(48)55)54-30-23-38-21-28-47-41(27-20-37-22-29-49(54)60(38)59(37)47)39-24-31-57-52(32-39)53-33-50-44-12-5-3-10-42(44)43-11-4-6-13-45(43)51(50)34-58(53)63-57/h3-35H,1-2H3. The normalized spacial score (nSPS) is 12.4. The Morgan fingerprint density at radius 2 is 0.953 bits per heavy atom. The molecule has 0 atom stereocenters. The van der Waals surface area contributed by atoms with Crippen LogP contribution in [-0.4, -0.2) is 0 Å². The SMILES string of the molecule is CC(C)c1ccc(N(c2ccc3ccc4c(-c5ccc6oc7cc8c9ccccc9c9ccccc9c8cc7c6c5)ccc5ccc2c3c54)c2cccc3c2oc2ccccc23)cc1. The second-order valence-corrected chi connectivity index (χ2v) is 17.8. The number of furan rings is 2. The summed E-state index contributed by atoms with van der Waals surface area (Å²) in [4.78, 5) is 2.40. The summed E-state index contributed by atoms with van der Waals surface area (Å²) in [6, 6.07) is 71.1. The van der Waals surface area contributed by atoms with Crippen LogP contribution in [0.2, 0.25) is 0 Å². The fourth-order valence-electron chi connectivity index (χ4n) is 10.9. The van der Waals surface area contributed by atoms with E-state index in [9.17, 15) is 0 Å². The van der Waals surface area contributed by atoms with Gasteiger partial charge in [-0.25, -0.2) is 0 Å². The van der Waals surface area contributed by atoms with E-state index >= 15 is 0 Å². The van der Waals surface area contributed by atoms with E-state index in [2.05, 4.69) is 207 Å². The molecule has 0 saturated carbocycles. The Balaban J connectivity index is 0.983. The first-order valence-electron chi connectivity index (χ1n) is 22.3. The minimum atomic E-state index is 0.430. The van der Waals surface area contributed by atoms with Crippen molar-refractivity contribution >= 4 is 126 Å². The third kappa shape index (κ3) is 4.98.